The monoisotopic (exact) mass is 495 g/mol. The largest absolute Gasteiger partial charge is 0.378 e. The quantitative estimate of drug-likeness (QED) is 0.562. The van der Waals surface area contributed by atoms with Crippen LogP contribution in [-0.4, -0.2) is 84.4 Å². The van der Waals surface area contributed by atoms with E-state index in [2.05, 4.69) is 50.3 Å². The van der Waals surface area contributed by atoms with Crippen LogP contribution in [0.5, 0.6) is 0 Å². The van der Waals surface area contributed by atoms with E-state index in [1.807, 2.05) is 11.0 Å². The minimum atomic E-state index is -0.876. The summed E-state index contributed by atoms with van der Waals surface area (Å²) in [6.45, 7) is 8.68. The van der Waals surface area contributed by atoms with Crippen LogP contribution in [0.25, 0.3) is 5.69 Å². The molecular weight excluding hydrogens is 464 g/mol. The minimum absolute atomic E-state index is 0.285. The second-order valence-corrected chi connectivity index (χ2v) is 9.91. The zero-order chi connectivity index (χ0) is 24.6. The summed E-state index contributed by atoms with van der Waals surface area (Å²) < 4.78 is 34.9. The van der Waals surface area contributed by atoms with Gasteiger partial charge in [-0.2, -0.15) is 4.98 Å². The molecule has 1 aromatic heterocycles. The molecule has 6 rings (SSSR count). The lowest BCUT2D eigenvalue weighted by Crippen LogP contribution is -2.56. The molecule has 8 nitrogen and oxygen atoms in total. The van der Waals surface area contributed by atoms with Crippen LogP contribution in [0.1, 0.15) is 12.0 Å². The molecule has 3 aliphatic rings. The van der Waals surface area contributed by atoms with Gasteiger partial charge in [-0.25, -0.2) is 13.5 Å². The van der Waals surface area contributed by atoms with Gasteiger partial charge in [0.25, 0.3) is 0 Å². The number of alkyl halides is 1. The molecule has 3 aromatic rings. The second-order valence-electron chi connectivity index (χ2n) is 9.91. The smallest absolute Gasteiger partial charge is 0.246 e. The molecular formula is C26H31F2N7O. The van der Waals surface area contributed by atoms with E-state index in [0.29, 0.717) is 36.3 Å². The Bertz CT molecular complexity index is 1220. The SMILES string of the molecule is Cc1cc(Nc2ncn(-c3cc(F)cc(N4CC[C@@H](F)C4)c3)n2)cc(N2CCN(C3COC3)CC2)c1. The van der Waals surface area contributed by atoms with Crippen molar-refractivity contribution in [3.05, 3.63) is 54.1 Å². The van der Waals surface area contributed by atoms with Gasteiger partial charge in [-0.05, 0) is 55.3 Å². The Balaban J connectivity index is 1.16. The topological polar surface area (TPSA) is 61.7 Å². The van der Waals surface area contributed by atoms with Crippen LogP contribution in [0.4, 0.5) is 31.8 Å². The predicted molar refractivity (Wildman–Crippen MR) is 136 cm³/mol. The summed E-state index contributed by atoms with van der Waals surface area (Å²) in [5.74, 6) is 0.0419. The maximum absolute atomic E-state index is 14.4. The molecule has 190 valence electrons. The fraction of sp³-hybridized carbons (Fsp3) is 0.462. The summed E-state index contributed by atoms with van der Waals surface area (Å²) in [5.41, 5.74) is 4.43. The van der Waals surface area contributed by atoms with Crippen molar-refractivity contribution in [3.63, 3.8) is 0 Å². The van der Waals surface area contributed by atoms with Crippen molar-refractivity contribution in [3.8, 4) is 5.69 Å². The van der Waals surface area contributed by atoms with Crippen molar-refractivity contribution in [1.82, 2.24) is 19.7 Å². The van der Waals surface area contributed by atoms with E-state index in [-0.39, 0.29) is 12.4 Å². The first-order valence-corrected chi connectivity index (χ1v) is 12.6. The van der Waals surface area contributed by atoms with E-state index >= 15 is 0 Å². The summed E-state index contributed by atoms with van der Waals surface area (Å²) in [6.07, 6.45) is 1.15. The Morgan fingerprint density at radius 3 is 2.42 bits per heavy atom. The summed E-state index contributed by atoms with van der Waals surface area (Å²) in [4.78, 5) is 11.2. The lowest BCUT2D eigenvalue weighted by molar-refractivity contribution is -0.0660. The molecule has 3 saturated heterocycles. The summed E-state index contributed by atoms with van der Waals surface area (Å²) in [5, 5.41) is 7.82. The first-order chi connectivity index (χ1) is 17.5. The third-order valence-electron chi connectivity index (χ3n) is 7.25. The van der Waals surface area contributed by atoms with Gasteiger partial charge in [-0.3, -0.25) is 4.90 Å². The standard InChI is InChI=1S/C26H31F2N7O/c1-18-8-21(12-22(9-18)32-4-6-33(7-5-32)25-15-36-16-25)30-26-29-17-35(31-26)24-11-20(28)10-23(13-24)34-3-2-19(27)14-34/h8-13,17,19,25H,2-7,14-16H2,1H3,(H,30,31)/t19-/m1/s1. The van der Waals surface area contributed by atoms with Crippen LogP contribution in [0, 0.1) is 12.7 Å². The predicted octanol–water partition coefficient (Wildman–Crippen LogP) is 3.53. The number of anilines is 4. The maximum atomic E-state index is 14.4. The zero-order valence-electron chi connectivity index (χ0n) is 20.4. The van der Waals surface area contributed by atoms with Crippen molar-refractivity contribution in [2.75, 3.05) is 67.6 Å². The number of ether oxygens (including phenoxy) is 1. The molecule has 36 heavy (non-hydrogen) atoms. The molecule has 3 aliphatic heterocycles. The van der Waals surface area contributed by atoms with E-state index in [4.69, 9.17) is 4.74 Å². The van der Waals surface area contributed by atoms with Gasteiger partial charge in [0.15, 0.2) is 0 Å². The van der Waals surface area contributed by atoms with Crippen LogP contribution in [0.15, 0.2) is 42.7 Å². The maximum Gasteiger partial charge on any atom is 0.246 e. The molecule has 2 aromatic carbocycles. The normalized spacial score (nSPS) is 21.1. The highest BCUT2D eigenvalue weighted by molar-refractivity contribution is 5.64. The molecule has 10 heteroatoms. The molecule has 0 radical (unpaired) electrons. The molecule has 0 spiro atoms. The number of rotatable bonds is 6. The highest BCUT2D eigenvalue weighted by Gasteiger charge is 2.29. The van der Waals surface area contributed by atoms with Gasteiger partial charge in [-0.15, -0.1) is 5.10 Å². The summed E-state index contributed by atoms with van der Waals surface area (Å²) in [6, 6.07) is 11.6. The van der Waals surface area contributed by atoms with Crippen LogP contribution < -0.4 is 15.1 Å². The van der Waals surface area contributed by atoms with E-state index in [1.165, 1.54) is 22.5 Å². The van der Waals surface area contributed by atoms with E-state index in [9.17, 15) is 8.78 Å². The molecule has 4 heterocycles. The number of nitrogens with one attached hydrogen (secondary N) is 1. The number of halogens is 2. The third kappa shape index (κ3) is 4.87. The zero-order valence-corrected chi connectivity index (χ0v) is 20.4. The van der Waals surface area contributed by atoms with Gasteiger partial charge in [0.1, 0.15) is 18.3 Å². The number of nitrogens with zero attached hydrogens (tertiary/aromatic N) is 6. The van der Waals surface area contributed by atoms with E-state index < -0.39 is 6.17 Å². The van der Waals surface area contributed by atoms with Crippen LogP contribution >= 0.6 is 0 Å². The first-order valence-electron chi connectivity index (χ1n) is 12.6. The van der Waals surface area contributed by atoms with Crippen molar-refractivity contribution in [1.29, 1.82) is 0 Å². The highest BCUT2D eigenvalue weighted by atomic mass is 19.1. The van der Waals surface area contributed by atoms with Gasteiger partial charge in [0, 0.05) is 56.3 Å². The lowest BCUT2D eigenvalue weighted by atomic mass is 10.1. The highest BCUT2D eigenvalue weighted by Crippen LogP contribution is 2.28. The molecule has 1 atom stereocenters. The molecule has 0 unspecified atom stereocenters. The second kappa shape index (κ2) is 9.67. The molecule has 1 N–H and O–H groups in total. The van der Waals surface area contributed by atoms with Gasteiger partial charge in [0.05, 0.1) is 24.9 Å². The third-order valence-corrected chi connectivity index (χ3v) is 7.25. The Labute approximate surface area is 209 Å². The Kier molecular flexibility index (Phi) is 6.22. The van der Waals surface area contributed by atoms with Crippen molar-refractivity contribution in [2.45, 2.75) is 25.6 Å². The summed E-state index contributed by atoms with van der Waals surface area (Å²) in [7, 11) is 0. The first kappa shape index (κ1) is 23.2. The van der Waals surface area contributed by atoms with E-state index in [0.717, 1.165) is 50.6 Å². The fourth-order valence-corrected chi connectivity index (χ4v) is 5.20. The number of hydrogen-bond acceptors (Lipinski definition) is 7. The summed E-state index contributed by atoms with van der Waals surface area (Å²) >= 11 is 0. The van der Waals surface area contributed by atoms with Crippen LogP contribution in [0.3, 0.4) is 0 Å². The molecule has 3 fully saturated rings. The molecule has 0 amide bonds. The Morgan fingerprint density at radius 2 is 1.69 bits per heavy atom. The van der Waals surface area contributed by atoms with Crippen LogP contribution in [0.2, 0.25) is 0 Å². The van der Waals surface area contributed by atoms with Crippen molar-refractivity contribution in [2.24, 2.45) is 0 Å². The number of benzene rings is 2. The Morgan fingerprint density at radius 1 is 0.917 bits per heavy atom. The number of aromatic nitrogens is 3. The average Bonchev–Trinajstić information content (AvgIpc) is 3.47. The average molecular weight is 496 g/mol. The van der Waals surface area contributed by atoms with Gasteiger partial charge in [-0.1, -0.05) is 0 Å². The molecule has 0 saturated carbocycles. The molecule has 0 aliphatic carbocycles. The number of piperazine rings is 1. The van der Waals surface area contributed by atoms with Gasteiger partial charge >= 0.3 is 0 Å². The Hall–Kier alpha value is -3.24. The van der Waals surface area contributed by atoms with Crippen LogP contribution in [-0.2, 0) is 4.74 Å². The number of aryl methyl sites for hydroxylation is 1. The van der Waals surface area contributed by atoms with E-state index in [1.54, 1.807) is 6.33 Å². The minimum Gasteiger partial charge on any atom is -0.378 e. The number of hydrogen-bond donors (Lipinski definition) is 1. The van der Waals surface area contributed by atoms with Gasteiger partial charge < -0.3 is 19.9 Å². The van der Waals surface area contributed by atoms with Gasteiger partial charge in [0.2, 0.25) is 5.95 Å². The van der Waals surface area contributed by atoms with Crippen molar-refractivity contribution >= 4 is 23.0 Å². The fourth-order valence-electron chi connectivity index (χ4n) is 5.20. The van der Waals surface area contributed by atoms with Crippen molar-refractivity contribution < 1.29 is 13.5 Å². The lowest BCUT2D eigenvalue weighted by Gasteiger charge is -2.43. The molecule has 0 bridgehead atoms.